The first-order valence-electron chi connectivity index (χ1n) is 5.86. The second-order valence-electron chi connectivity index (χ2n) is 4.26. The number of aryl methyl sites for hydroxylation is 1. The summed E-state index contributed by atoms with van der Waals surface area (Å²) in [4.78, 5) is 23.5. The molecule has 0 aliphatic heterocycles. The zero-order chi connectivity index (χ0) is 13.6. The topological polar surface area (TPSA) is 88.0 Å². The molecule has 0 atom stereocenters. The van der Waals surface area contributed by atoms with Gasteiger partial charge in [-0.1, -0.05) is 0 Å². The second kappa shape index (κ2) is 3.94. The Hall–Kier alpha value is -2.63. The van der Waals surface area contributed by atoms with Crippen molar-refractivity contribution in [2.45, 2.75) is 13.5 Å². The Bertz CT molecular complexity index is 861. The van der Waals surface area contributed by atoms with Crippen LogP contribution in [0.15, 0.2) is 29.3 Å². The van der Waals surface area contributed by atoms with Crippen molar-refractivity contribution in [3.63, 3.8) is 0 Å². The summed E-state index contributed by atoms with van der Waals surface area (Å²) in [6, 6.07) is 3.66. The first-order valence-corrected chi connectivity index (χ1v) is 5.86. The molecule has 0 spiro atoms. The summed E-state index contributed by atoms with van der Waals surface area (Å²) in [5.74, 6) is -1.22. The van der Waals surface area contributed by atoms with Crippen molar-refractivity contribution in [1.29, 1.82) is 0 Å². The third-order valence-electron chi connectivity index (χ3n) is 3.23. The zero-order valence-corrected chi connectivity index (χ0v) is 10.2. The van der Waals surface area contributed by atoms with Crippen LogP contribution in [0, 0.1) is 0 Å². The van der Waals surface area contributed by atoms with Gasteiger partial charge >= 0.3 is 5.97 Å². The highest BCUT2D eigenvalue weighted by atomic mass is 16.4. The predicted octanol–water partition coefficient (Wildman–Crippen LogP) is 1.60. The molecule has 0 unspecified atom stereocenters. The highest BCUT2D eigenvalue weighted by Gasteiger charge is 2.16. The highest BCUT2D eigenvalue weighted by molar-refractivity contribution is 6.05. The normalized spacial score (nSPS) is 11.2. The number of hydrogen-bond acceptors (Lipinski definition) is 3. The largest absolute Gasteiger partial charge is 0.477 e. The number of carboxylic acids is 1. The fourth-order valence-corrected chi connectivity index (χ4v) is 2.30. The number of carboxylic acid groups (broad SMARTS) is 1. The van der Waals surface area contributed by atoms with Gasteiger partial charge in [0.2, 0.25) is 5.43 Å². The molecule has 96 valence electrons. The zero-order valence-electron chi connectivity index (χ0n) is 10.2. The van der Waals surface area contributed by atoms with Gasteiger partial charge in [-0.2, -0.15) is 5.10 Å². The van der Waals surface area contributed by atoms with Gasteiger partial charge in [0.25, 0.3) is 0 Å². The van der Waals surface area contributed by atoms with Crippen molar-refractivity contribution in [3.8, 4) is 0 Å². The van der Waals surface area contributed by atoms with Crippen molar-refractivity contribution in [1.82, 2.24) is 14.8 Å². The van der Waals surface area contributed by atoms with Crippen molar-refractivity contribution >= 4 is 27.8 Å². The van der Waals surface area contributed by atoms with Gasteiger partial charge < -0.3 is 9.67 Å². The number of aromatic amines is 1. The van der Waals surface area contributed by atoms with Gasteiger partial charge in [-0.25, -0.2) is 4.79 Å². The van der Waals surface area contributed by atoms with Crippen LogP contribution in [-0.2, 0) is 6.54 Å². The van der Waals surface area contributed by atoms with E-state index in [1.54, 1.807) is 10.8 Å². The molecule has 1 aromatic carbocycles. The highest BCUT2D eigenvalue weighted by Crippen LogP contribution is 2.21. The summed E-state index contributed by atoms with van der Waals surface area (Å²) in [6.45, 7) is 2.48. The Morgan fingerprint density at radius 3 is 2.95 bits per heavy atom. The van der Waals surface area contributed by atoms with Crippen molar-refractivity contribution in [2.24, 2.45) is 0 Å². The molecule has 2 heterocycles. The van der Waals surface area contributed by atoms with E-state index in [0.29, 0.717) is 23.0 Å². The van der Waals surface area contributed by atoms with Crippen LogP contribution in [0.1, 0.15) is 17.3 Å². The first-order chi connectivity index (χ1) is 9.13. The Balaban J connectivity index is 2.62. The summed E-state index contributed by atoms with van der Waals surface area (Å²) in [5, 5.41) is 17.0. The summed E-state index contributed by atoms with van der Waals surface area (Å²) >= 11 is 0. The van der Waals surface area contributed by atoms with Gasteiger partial charge in [-0.15, -0.1) is 0 Å². The minimum atomic E-state index is -1.22. The quantitative estimate of drug-likeness (QED) is 0.729. The number of rotatable bonds is 2. The second-order valence-corrected chi connectivity index (χ2v) is 4.26. The van der Waals surface area contributed by atoms with Crippen LogP contribution in [0.4, 0.5) is 0 Å². The van der Waals surface area contributed by atoms with Crippen LogP contribution < -0.4 is 5.43 Å². The number of pyridine rings is 1. The first kappa shape index (κ1) is 11.5. The Morgan fingerprint density at radius 1 is 1.47 bits per heavy atom. The molecule has 0 saturated heterocycles. The number of aromatic nitrogens is 3. The van der Waals surface area contributed by atoms with Gasteiger partial charge in [0.05, 0.1) is 22.6 Å². The fraction of sp³-hybridized carbons (Fsp3) is 0.154. The average molecular weight is 257 g/mol. The van der Waals surface area contributed by atoms with Crippen LogP contribution in [-0.4, -0.2) is 25.8 Å². The number of nitrogens with zero attached hydrogens (tertiary/aromatic N) is 2. The summed E-state index contributed by atoms with van der Waals surface area (Å²) in [5.41, 5.74) is 0.570. The standard InChI is InChI=1S/C13H11N3O3/c1-2-16-6-8(13(18)19)12(17)10-9(16)4-3-7-5-14-15-11(7)10/h3-6H,2H2,1H3,(H,14,15)(H,18,19). The maximum atomic E-state index is 12.3. The molecule has 0 aliphatic rings. The SMILES string of the molecule is CCn1cc(C(=O)O)c(=O)c2c3[nH]ncc3ccc21. The number of carbonyl (C=O) groups is 1. The van der Waals surface area contributed by atoms with Crippen LogP contribution in [0.5, 0.6) is 0 Å². The Labute approximate surface area is 107 Å². The van der Waals surface area contributed by atoms with Gasteiger partial charge in [-0.05, 0) is 19.1 Å². The summed E-state index contributed by atoms with van der Waals surface area (Å²) in [7, 11) is 0. The maximum absolute atomic E-state index is 12.3. The van der Waals surface area contributed by atoms with E-state index in [2.05, 4.69) is 10.2 Å². The molecule has 0 aliphatic carbocycles. The molecule has 19 heavy (non-hydrogen) atoms. The molecule has 2 aromatic heterocycles. The fourth-order valence-electron chi connectivity index (χ4n) is 2.30. The number of benzene rings is 1. The minimum Gasteiger partial charge on any atom is -0.477 e. The molecule has 0 amide bonds. The van der Waals surface area contributed by atoms with Crippen LogP contribution >= 0.6 is 0 Å². The lowest BCUT2D eigenvalue weighted by atomic mass is 10.1. The molecular weight excluding hydrogens is 246 g/mol. The van der Waals surface area contributed by atoms with E-state index in [0.717, 1.165) is 5.39 Å². The number of nitrogens with one attached hydrogen (secondary N) is 1. The number of hydrogen-bond donors (Lipinski definition) is 2. The Morgan fingerprint density at radius 2 is 2.26 bits per heavy atom. The van der Waals surface area contributed by atoms with E-state index in [-0.39, 0.29) is 5.56 Å². The van der Waals surface area contributed by atoms with E-state index in [1.807, 2.05) is 19.1 Å². The van der Waals surface area contributed by atoms with Gasteiger partial charge in [0.1, 0.15) is 5.56 Å². The third kappa shape index (κ3) is 1.53. The average Bonchev–Trinajstić information content (AvgIpc) is 2.86. The maximum Gasteiger partial charge on any atom is 0.341 e. The molecule has 2 N–H and O–H groups in total. The number of H-pyrrole nitrogens is 1. The minimum absolute atomic E-state index is 0.226. The Kier molecular flexibility index (Phi) is 2.38. The van der Waals surface area contributed by atoms with Gasteiger partial charge in [0, 0.05) is 18.1 Å². The smallest absolute Gasteiger partial charge is 0.341 e. The number of aromatic carboxylic acids is 1. The van der Waals surface area contributed by atoms with Crippen LogP contribution in [0.25, 0.3) is 21.8 Å². The van der Waals surface area contributed by atoms with Crippen molar-refractivity contribution < 1.29 is 9.90 Å². The molecule has 0 fully saturated rings. The lowest BCUT2D eigenvalue weighted by molar-refractivity contribution is 0.0695. The lowest BCUT2D eigenvalue weighted by Crippen LogP contribution is -2.18. The van der Waals surface area contributed by atoms with Gasteiger partial charge in [0.15, 0.2) is 0 Å². The third-order valence-corrected chi connectivity index (χ3v) is 3.23. The molecule has 0 bridgehead atoms. The lowest BCUT2D eigenvalue weighted by Gasteiger charge is -2.10. The summed E-state index contributed by atoms with van der Waals surface area (Å²) < 4.78 is 1.75. The molecule has 6 heteroatoms. The molecule has 3 aromatic rings. The molecule has 3 rings (SSSR count). The van der Waals surface area contributed by atoms with E-state index in [1.165, 1.54) is 6.20 Å². The van der Waals surface area contributed by atoms with E-state index in [4.69, 9.17) is 5.11 Å². The van der Waals surface area contributed by atoms with E-state index < -0.39 is 11.4 Å². The van der Waals surface area contributed by atoms with Crippen molar-refractivity contribution in [3.05, 3.63) is 40.3 Å². The molecule has 0 saturated carbocycles. The number of fused-ring (bicyclic) bond motifs is 3. The van der Waals surface area contributed by atoms with E-state index in [9.17, 15) is 9.59 Å². The molecule has 0 radical (unpaired) electrons. The molecule has 6 nitrogen and oxygen atoms in total. The monoisotopic (exact) mass is 257 g/mol. The van der Waals surface area contributed by atoms with Crippen LogP contribution in [0.3, 0.4) is 0 Å². The predicted molar refractivity (Wildman–Crippen MR) is 70.5 cm³/mol. The van der Waals surface area contributed by atoms with Crippen molar-refractivity contribution in [2.75, 3.05) is 0 Å². The van der Waals surface area contributed by atoms with Gasteiger partial charge in [-0.3, -0.25) is 9.89 Å². The summed E-state index contributed by atoms with van der Waals surface area (Å²) in [6.07, 6.45) is 2.99. The van der Waals surface area contributed by atoms with Crippen LogP contribution in [0.2, 0.25) is 0 Å². The molecular formula is C13H11N3O3. The van der Waals surface area contributed by atoms with E-state index >= 15 is 0 Å².